The number of nitrogens with zero attached hydrogens (tertiary/aromatic N) is 2. The maximum absolute atomic E-state index is 13.2. The third kappa shape index (κ3) is 3.17. The lowest BCUT2D eigenvalue weighted by atomic mass is 9.95. The fourth-order valence-electron chi connectivity index (χ4n) is 3.38. The van der Waals surface area contributed by atoms with Crippen LogP contribution < -0.4 is 11.5 Å². The third-order valence-electron chi connectivity index (χ3n) is 4.98. The van der Waals surface area contributed by atoms with E-state index in [-0.39, 0.29) is 27.7 Å². The van der Waals surface area contributed by atoms with Gasteiger partial charge in [-0.15, -0.1) is 11.3 Å². The molecule has 2 heterocycles. The third-order valence-corrected chi connectivity index (χ3v) is 6.08. The van der Waals surface area contributed by atoms with Crippen molar-refractivity contribution in [3.63, 3.8) is 0 Å². The summed E-state index contributed by atoms with van der Waals surface area (Å²) in [5, 5.41) is 10.3. The fourth-order valence-corrected chi connectivity index (χ4v) is 4.45. The number of fused-ring (bicyclic) bond motifs is 1. The highest BCUT2D eigenvalue weighted by Crippen LogP contribution is 2.43. The molecule has 0 saturated carbocycles. The van der Waals surface area contributed by atoms with Crippen molar-refractivity contribution in [3.8, 4) is 17.2 Å². The van der Waals surface area contributed by atoms with Crippen LogP contribution in [0.1, 0.15) is 33.3 Å². The Kier molecular flexibility index (Phi) is 4.94. The van der Waals surface area contributed by atoms with Gasteiger partial charge >= 0.3 is 0 Å². The minimum Gasteiger partial charge on any atom is -0.397 e. The molecule has 0 saturated heterocycles. The van der Waals surface area contributed by atoms with Gasteiger partial charge in [-0.25, -0.2) is 9.37 Å². The highest BCUT2D eigenvalue weighted by atomic mass is 32.1. The first-order valence-corrected chi connectivity index (χ1v) is 10.1. The lowest BCUT2D eigenvalue weighted by molar-refractivity contribution is 0.104. The van der Waals surface area contributed by atoms with Crippen molar-refractivity contribution < 1.29 is 9.18 Å². The summed E-state index contributed by atoms with van der Waals surface area (Å²) in [6, 6.07) is 15.2. The number of carbonyl (C=O) groups is 1. The van der Waals surface area contributed by atoms with Gasteiger partial charge in [0, 0.05) is 16.5 Å². The molecule has 0 aliphatic heterocycles. The predicted molar refractivity (Wildman–Crippen MR) is 118 cm³/mol. The van der Waals surface area contributed by atoms with Gasteiger partial charge in [0.05, 0.1) is 5.69 Å². The summed E-state index contributed by atoms with van der Waals surface area (Å²) in [5.41, 5.74) is 15.7. The number of thiophene rings is 1. The molecule has 148 valence electrons. The number of ketones is 1. The van der Waals surface area contributed by atoms with Gasteiger partial charge in [0.15, 0.2) is 0 Å². The van der Waals surface area contributed by atoms with E-state index in [1.807, 2.05) is 24.3 Å². The lowest BCUT2D eigenvalue weighted by Gasteiger charge is -2.10. The average molecular weight is 416 g/mol. The van der Waals surface area contributed by atoms with E-state index in [0.717, 1.165) is 28.9 Å². The first kappa shape index (κ1) is 19.6. The van der Waals surface area contributed by atoms with Gasteiger partial charge in [-0.1, -0.05) is 31.2 Å². The van der Waals surface area contributed by atoms with Crippen molar-refractivity contribution in [2.45, 2.75) is 13.3 Å². The number of nitriles is 1. The van der Waals surface area contributed by atoms with Crippen LogP contribution in [0.2, 0.25) is 0 Å². The molecule has 0 fully saturated rings. The van der Waals surface area contributed by atoms with E-state index in [4.69, 9.17) is 11.5 Å². The molecule has 0 unspecified atom stereocenters. The number of hydrogen-bond acceptors (Lipinski definition) is 6. The summed E-state index contributed by atoms with van der Waals surface area (Å²) < 4.78 is 13.2. The second-order valence-corrected chi connectivity index (χ2v) is 7.77. The number of halogens is 1. The van der Waals surface area contributed by atoms with Gasteiger partial charge in [-0.3, -0.25) is 4.79 Å². The number of rotatable bonds is 4. The number of nitrogen functional groups attached to an aromatic ring is 2. The second-order valence-electron chi connectivity index (χ2n) is 6.77. The van der Waals surface area contributed by atoms with Crippen LogP contribution in [0.3, 0.4) is 0 Å². The summed E-state index contributed by atoms with van der Waals surface area (Å²) in [4.78, 5) is 18.1. The zero-order chi connectivity index (χ0) is 21.4. The van der Waals surface area contributed by atoms with Gasteiger partial charge in [0.2, 0.25) is 5.78 Å². The van der Waals surface area contributed by atoms with Crippen molar-refractivity contribution in [2.24, 2.45) is 0 Å². The van der Waals surface area contributed by atoms with E-state index in [1.54, 1.807) is 0 Å². The van der Waals surface area contributed by atoms with Gasteiger partial charge in [0.1, 0.15) is 33.0 Å². The van der Waals surface area contributed by atoms with E-state index in [1.165, 1.54) is 24.3 Å². The van der Waals surface area contributed by atoms with Crippen LogP contribution >= 0.6 is 11.3 Å². The van der Waals surface area contributed by atoms with E-state index < -0.39 is 5.82 Å². The minimum absolute atomic E-state index is 0.0848. The molecule has 30 heavy (non-hydrogen) atoms. The predicted octanol–water partition coefficient (Wildman–Crippen LogP) is 4.93. The van der Waals surface area contributed by atoms with Crippen LogP contribution in [0.4, 0.5) is 15.9 Å². The largest absolute Gasteiger partial charge is 0.397 e. The highest BCUT2D eigenvalue weighted by molar-refractivity contribution is 7.21. The van der Waals surface area contributed by atoms with E-state index in [0.29, 0.717) is 21.3 Å². The van der Waals surface area contributed by atoms with Crippen molar-refractivity contribution in [1.82, 2.24) is 4.98 Å². The molecule has 2 aromatic carbocycles. The zero-order valence-electron chi connectivity index (χ0n) is 16.1. The Hall–Kier alpha value is -3.76. The molecule has 0 aliphatic carbocycles. The molecule has 2 aromatic heterocycles. The molecule has 4 N–H and O–H groups in total. The zero-order valence-corrected chi connectivity index (χ0v) is 16.9. The molecule has 0 amide bonds. The lowest BCUT2D eigenvalue weighted by Crippen LogP contribution is -2.03. The standard InChI is InChI=1S/C23H17FN4OS/c1-2-12-3-5-13(6-4-12)17-16(11-25)22(27)28-23-18(17)19(26)21(30-23)20(29)14-7-9-15(24)10-8-14/h3-10H,2,26H2,1H3,(H2,27,28). The molecule has 0 bridgehead atoms. The summed E-state index contributed by atoms with van der Waals surface area (Å²) in [5.74, 6) is -0.678. The Morgan fingerprint density at radius 3 is 2.40 bits per heavy atom. The Balaban J connectivity index is 1.97. The summed E-state index contributed by atoms with van der Waals surface area (Å²) in [6.45, 7) is 2.06. The average Bonchev–Trinajstić information content (AvgIpc) is 3.08. The number of anilines is 2. The maximum Gasteiger partial charge on any atom is 0.205 e. The molecule has 0 spiro atoms. The van der Waals surface area contributed by atoms with Crippen LogP contribution in [0.25, 0.3) is 21.3 Å². The Morgan fingerprint density at radius 1 is 1.13 bits per heavy atom. The van der Waals surface area contributed by atoms with Gasteiger partial charge in [-0.2, -0.15) is 5.26 Å². The van der Waals surface area contributed by atoms with Crippen LogP contribution in [0.15, 0.2) is 48.5 Å². The summed E-state index contributed by atoms with van der Waals surface area (Å²) >= 11 is 1.11. The van der Waals surface area contributed by atoms with Crippen LogP contribution in [0.5, 0.6) is 0 Å². The molecule has 0 radical (unpaired) electrons. The molecular weight excluding hydrogens is 399 g/mol. The second kappa shape index (κ2) is 7.58. The van der Waals surface area contributed by atoms with E-state index in [9.17, 15) is 14.4 Å². The molecule has 5 nitrogen and oxygen atoms in total. The van der Waals surface area contributed by atoms with Crippen molar-refractivity contribution in [3.05, 3.63) is 75.9 Å². The topological polar surface area (TPSA) is 106 Å². The first-order chi connectivity index (χ1) is 14.4. The SMILES string of the molecule is CCc1ccc(-c2c(C#N)c(N)nc3sc(C(=O)c4ccc(F)cc4)c(N)c23)cc1. The quantitative estimate of drug-likeness (QED) is 0.459. The molecule has 4 aromatic rings. The number of aromatic nitrogens is 1. The fraction of sp³-hybridized carbons (Fsp3) is 0.0870. The van der Waals surface area contributed by atoms with E-state index >= 15 is 0 Å². The maximum atomic E-state index is 13.2. The minimum atomic E-state index is -0.429. The number of nitrogens with two attached hydrogens (primary N) is 2. The summed E-state index contributed by atoms with van der Waals surface area (Å²) in [6.07, 6.45) is 0.885. The molecule has 4 rings (SSSR count). The normalized spacial score (nSPS) is 10.8. The molecule has 0 atom stereocenters. The van der Waals surface area contributed by atoms with Crippen molar-refractivity contribution in [2.75, 3.05) is 11.5 Å². The van der Waals surface area contributed by atoms with Crippen LogP contribution in [-0.2, 0) is 6.42 Å². The molecule has 0 aliphatic rings. The highest BCUT2D eigenvalue weighted by Gasteiger charge is 2.24. The van der Waals surface area contributed by atoms with Crippen LogP contribution in [0, 0.1) is 17.1 Å². The number of pyridine rings is 1. The number of carbonyl (C=O) groups excluding carboxylic acids is 1. The monoisotopic (exact) mass is 416 g/mol. The van der Waals surface area contributed by atoms with E-state index in [2.05, 4.69) is 18.0 Å². The van der Waals surface area contributed by atoms with Gasteiger partial charge in [0.25, 0.3) is 0 Å². The molecular formula is C23H17FN4OS. The van der Waals surface area contributed by atoms with Crippen molar-refractivity contribution >= 4 is 38.8 Å². The smallest absolute Gasteiger partial charge is 0.205 e. The van der Waals surface area contributed by atoms with Crippen LogP contribution in [-0.4, -0.2) is 10.8 Å². The van der Waals surface area contributed by atoms with Gasteiger partial charge in [-0.05, 0) is 41.8 Å². The summed E-state index contributed by atoms with van der Waals surface area (Å²) in [7, 11) is 0. The van der Waals surface area contributed by atoms with Gasteiger partial charge < -0.3 is 11.5 Å². The molecule has 7 heteroatoms. The van der Waals surface area contributed by atoms with Crippen molar-refractivity contribution in [1.29, 1.82) is 5.26 Å². The number of hydrogen-bond donors (Lipinski definition) is 2. The first-order valence-electron chi connectivity index (χ1n) is 9.25. The Morgan fingerprint density at radius 2 is 1.80 bits per heavy atom. The number of benzene rings is 2. The Bertz CT molecular complexity index is 1320. The Labute approximate surface area is 176 Å². The number of aryl methyl sites for hydroxylation is 1.